The van der Waals surface area contributed by atoms with Crippen molar-refractivity contribution in [3.8, 4) is 5.69 Å². The highest BCUT2D eigenvalue weighted by Gasteiger charge is 2.12. The van der Waals surface area contributed by atoms with Gasteiger partial charge in [0.05, 0.1) is 23.7 Å². The molecular weight excluding hydrogens is 388 g/mol. The zero-order valence-electron chi connectivity index (χ0n) is 16.1. The molecule has 0 spiro atoms. The van der Waals surface area contributed by atoms with Gasteiger partial charge >= 0.3 is 0 Å². The van der Waals surface area contributed by atoms with E-state index >= 15 is 0 Å². The molecule has 1 N–H and O–H groups in total. The second-order valence-electron chi connectivity index (χ2n) is 6.45. The number of amides is 1. The molecule has 3 aromatic rings. The number of nitrogens with one attached hydrogen (secondary N) is 1. The quantitative estimate of drug-likeness (QED) is 0.452. The molecule has 152 valence electrons. The zero-order valence-corrected chi connectivity index (χ0v) is 16.1. The minimum atomic E-state index is -1.50. The number of pyridine rings is 1. The van der Waals surface area contributed by atoms with E-state index in [2.05, 4.69) is 15.5 Å². The number of carboxylic acids is 2. The first-order valence-corrected chi connectivity index (χ1v) is 8.78. The number of carbonyl (C=O) groups excluding carboxylic acids is 3. The van der Waals surface area contributed by atoms with Crippen LogP contribution in [0.1, 0.15) is 48.0 Å². The van der Waals surface area contributed by atoms with Crippen LogP contribution >= 0.6 is 0 Å². The lowest BCUT2D eigenvalue weighted by atomic mass is 10.1. The maximum Gasteiger partial charge on any atom is 0.272 e. The van der Waals surface area contributed by atoms with Crippen molar-refractivity contribution in [2.45, 2.75) is 13.8 Å². The van der Waals surface area contributed by atoms with Crippen molar-refractivity contribution in [1.29, 1.82) is 0 Å². The number of hydrogen-bond acceptors (Lipinski definition) is 7. The monoisotopic (exact) mass is 404 g/mol. The first kappa shape index (κ1) is 20.5. The maximum absolute atomic E-state index is 12.0. The van der Waals surface area contributed by atoms with Gasteiger partial charge in [-0.2, -0.15) is 5.10 Å². The van der Waals surface area contributed by atoms with Crippen molar-refractivity contribution in [2.75, 3.05) is 0 Å². The predicted molar refractivity (Wildman–Crippen MR) is 103 cm³/mol. The van der Waals surface area contributed by atoms with E-state index in [9.17, 15) is 24.6 Å². The smallest absolute Gasteiger partial charge is 0.272 e. The van der Waals surface area contributed by atoms with Gasteiger partial charge in [-0.15, -0.1) is 0 Å². The lowest BCUT2D eigenvalue weighted by Gasteiger charge is -2.15. The van der Waals surface area contributed by atoms with Crippen molar-refractivity contribution in [3.63, 3.8) is 0 Å². The Kier molecular flexibility index (Phi) is 5.73. The molecule has 9 heteroatoms. The molecule has 9 nitrogen and oxygen atoms in total. The Labute approximate surface area is 171 Å². The molecule has 0 radical (unpaired) electrons. The normalized spacial score (nSPS) is 10.9. The number of aryl methyl sites for hydroxylation is 1. The van der Waals surface area contributed by atoms with Crippen molar-refractivity contribution < 1.29 is 24.6 Å². The molecule has 30 heavy (non-hydrogen) atoms. The lowest BCUT2D eigenvalue weighted by Crippen LogP contribution is -2.26. The van der Waals surface area contributed by atoms with Crippen molar-refractivity contribution in [2.24, 2.45) is 5.10 Å². The number of carbonyl (C=O) groups is 3. The van der Waals surface area contributed by atoms with Crippen LogP contribution in [-0.4, -0.2) is 33.6 Å². The topological polar surface area (TPSA) is 140 Å². The number of aromatic carboxylic acids is 2. The van der Waals surface area contributed by atoms with Crippen LogP contribution in [0.5, 0.6) is 0 Å². The molecule has 1 amide bonds. The second-order valence-corrected chi connectivity index (χ2v) is 6.45. The Hall–Kier alpha value is -4.27. The summed E-state index contributed by atoms with van der Waals surface area (Å²) in [5.74, 6) is -3.42. The third kappa shape index (κ3) is 4.25. The summed E-state index contributed by atoms with van der Waals surface area (Å²) in [7, 11) is 0. The third-order valence-corrected chi connectivity index (χ3v) is 4.41. The summed E-state index contributed by atoms with van der Waals surface area (Å²) in [4.78, 5) is 38.4. The summed E-state index contributed by atoms with van der Waals surface area (Å²) in [6.07, 6.45) is 4.40. The molecular formula is C21H16N4O5-2. The van der Waals surface area contributed by atoms with Crippen LogP contribution in [0.25, 0.3) is 5.69 Å². The SMILES string of the molecule is Cc1cc(/C=N\NC(=O)c2cccnc2)c(C)n1-c1cc(C(=O)[O-])cc(C(=O)[O-])c1. The van der Waals surface area contributed by atoms with E-state index in [1.165, 1.54) is 24.5 Å². The number of hydrazone groups is 1. The standard InChI is InChI=1S/C21H18N4O5/c1-12-6-17(11-23-24-19(26)14-4-3-5-22-10-14)13(2)25(12)18-8-15(20(27)28)7-16(9-18)21(29)30/h3-11H,1-2H3,(H,24,26)(H,27,28)(H,29,30)/p-2/b23-11-. The Bertz CT molecular complexity index is 1130. The van der Waals surface area contributed by atoms with Crippen LogP contribution in [-0.2, 0) is 0 Å². The van der Waals surface area contributed by atoms with E-state index in [1.807, 2.05) is 0 Å². The average molecular weight is 404 g/mol. The van der Waals surface area contributed by atoms with Gasteiger partial charge in [-0.25, -0.2) is 5.43 Å². The predicted octanol–water partition coefficient (Wildman–Crippen LogP) is -0.0200. The molecule has 0 fully saturated rings. The van der Waals surface area contributed by atoms with Gasteiger partial charge in [0.15, 0.2) is 0 Å². The molecule has 0 aliphatic carbocycles. The van der Waals surface area contributed by atoms with Crippen LogP contribution in [0.2, 0.25) is 0 Å². The Morgan fingerprint density at radius 2 is 1.70 bits per heavy atom. The molecule has 1 aromatic carbocycles. The van der Waals surface area contributed by atoms with Crippen LogP contribution in [0.4, 0.5) is 0 Å². The van der Waals surface area contributed by atoms with Gasteiger partial charge in [0.1, 0.15) is 0 Å². The highest BCUT2D eigenvalue weighted by Crippen LogP contribution is 2.22. The number of rotatable bonds is 6. The van der Waals surface area contributed by atoms with Crippen molar-refractivity contribution >= 4 is 24.1 Å². The molecule has 0 aliphatic rings. The third-order valence-electron chi connectivity index (χ3n) is 4.41. The van der Waals surface area contributed by atoms with Crippen LogP contribution in [0.3, 0.4) is 0 Å². The first-order valence-electron chi connectivity index (χ1n) is 8.78. The number of aromatic nitrogens is 2. The molecule has 0 aliphatic heterocycles. The first-order chi connectivity index (χ1) is 14.3. The van der Waals surface area contributed by atoms with Crippen molar-refractivity contribution in [1.82, 2.24) is 15.0 Å². The number of carboxylic acid groups (broad SMARTS) is 2. The number of benzene rings is 1. The molecule has 0 saturated heterocycles. The molecule has 2 heterocycles. The summed E-state index contributed by atoms with van der Waals surface area (Å²) in [5, 5.41) is 26.5. The fourth-order valence-electron chi connectivity index (χ4n) is 3.01. The largest absolute Gasteiger partial charge is 0.545 e. The zero-order chi connectivity index (χ0) is 21.8. The van der Waals surface area contributed by atoms with Crippen LogP contribution in [0.15, 0.2) is 53.9 Å². The molecule has 0 saturated carbocycles. The molecule has 0 bridgehead atoms. The second kappa shape index (κ2) is 8.39. The van der Waals surface area contributed by atoms with Gasteiger partial charge in [0.2, 0.25) is 0 Å². The summed E-state index contributed by atoms with van der Waals surface area (Å²) < 4.78 is 1.67. The minimum Gasteiger partial charge on any atom is -0.545 e. The van der Waals surface area contributed by atoms with Crippen molar-refractivity contribution in [3.05, 3.63) is 82.4 Å². The highest BCUT2D eigenvalue weighted by molar-refractivity contribution is 5.95. The van der Waals surface area contributed by atoms with Crippen LogP contribution in [0, 0.1) is 13.8 Å². The number of hydrogen-bond donors (Lipinski definition) is 1. The highest BCUT2D eigenvalue weighted by atomic mass is 16.4. The lowest BCUT2D eigenvalue weighted by molar-refractivity contribution is -0.255. The van der Waals surface area contributed by atoms with E-state index < -0.39 is 17.8 Å². The van der Waals surface area contributed by atoms with E-state index in [0.29, 0.717) is 28.2 Å². The Balaban J connectivity index is 1.92. The van der Waals surface area contributed by atoms with E-state index in [-0.39, 0.29) is 11.1 Å². The molecule has 0 unspecified atom stereocenters. The average Bonchev–Trinajstić information content (AvgIpc) is 3.01. The minimum absolute atomic E-state index is 0.279. The van der Waals surface area contributed by atoms with Gasteiger partial charge in [0, 0.05) is 35.0 Å². The van der Waals surface area contributed by atoms with Gasteiger partial charge in [-0.3, -0.25) is 9.78 Å². The molecule has 3 rings (SSSR count). The number of nitrogens with zero attached hydrogens (tertiary/aromatic N) is 3. The summed E-state index contributed by atoms with van der Waals surface area (Å²) >= 11 is 0. The van der Waals surface area contributed by atoms with Gasteiger partial charge in [-0.1, -0.05) is 0 Å². The fourth-order valence-corrected chi connectivity index (χ4v) is 3.01. The summed E-state index contributed by atoms with van der Waals surface area (Å²) in [6, 6.07) is 8.61. The Morgan fingerprint density at radius 1 is 1.03 bits per heavy atom. The summed E-state index contributed by atoms with van der Waals surface area (Å²) in [6.45, 7) is 3.52. The Morgan fingerprint density at radius 3 is 2.27 bits per heavy atom. The van der Waals surface area contributed by atoms with E-state index in [0.717, 1.165) is 6.07 Å². The van der Waals surface area contributed by atoms with Gasteiger partial charge in [-0.05, 0) is 61.4 Å². The van der Waals surface area contributed by atoms with E-state index in [4.69, 9.17) is 0 Å². The molecule has 0 atom stereocenters. The summed E-state index contributed by atoms with van der Waals surface area (Å²) in [5.41, 5.74) is 4.53. The maximum atomic E-state index is 12.0. The van der Waals surface area contributed by atoms with Gasteiger partial charge < -0.3 is 24.4 Å². The van der Waals surface area contributed by atoms with Gasteiger partial charge in [0.25, 0.3) is 5.91 Å². The van der Waals surface area contributed by atoms with E-state index in [1.54, 1.807) is 42.8 Å². The molecule has 2 aromatic heterocycles. The fraction of sp³-hybridized carbons (Fsp3) is 0.0952. The van der Waals surface area contributed by atoms with Crippen LogP contribution < -0.4 is 15.6 Å².